The zero-order valence-electron chi connectivity index (χ0n) is 19.8. The number of carbonyl (C=O) groups excluding carboxylic acids is 4. The standard InChI is InChI=1S/C27H21BrClN3O5/c1-15-3-8-19(9-4-15)30-24(33)14-37-23-10-6-17(12-21(23)28)11-20-25(34)31-27(36)32(26(20)35)22-13-18(29)7-5-16(22)2/h3-13H,14H2,1-2H3,(H,30,33)(H,31,34,36)/b20-11+. The minimum Gasteiger partial charge on any atom is -0.483 e. The van der Waals surface area contributed by atoms with Gasteiger partial charge < -0.3 is 10.1 Å². The molecule has 3 aromatic carbocycles. The quantitative estimate of drug-likeness (QED) is 0.299. The second-order valence-corrected chi connectivity index (χ2v) is 9.57. The van der Waals surface area contributed by atoms with Crippen molar-refractivity contribution in [1.29, 1.82) is 0 Å². The lowest BCUT2D eigenvalue weighted by atomic mass is 10.1. The molecule has 0 aliphatic carbocycles. The number of barbiturate groups is 1. The van der Waals surface area contributed by atoms with Gasteiger partial charge in [-0.25, -0.2) is 9.69 Å². The van der Waals surface area contributed by atoms with E-state index in [0.29, 0.717) is 32.1 Å². The Morgan fingerprint density at radius 2 is 1.78 bits per heavy atom. The summed E-state index contributed by atoms with van der Waals surface area (Å²) in [6, 6.07) is 16.2. The van der Waals surface area contributed by atoms with Gasteiger partial charge in [0.2, 0.25) is 0 Å². The fourth-order valence-corrected chi connectivity index (χ4v) is 4.24. The molecule has 3 aromatic rings. The van der Waals surface area contributed by atoms with E-state index in [1.165, 1.54) is 12.1 Å². The highest BCUT2D eigenvalue weighted by Crippen LogP contribution is 2.30. The Bertz CT molecular complexity index is 1450. The van der Waals surface area contributed by atoms with Crippen LogP contribution in [0.25, 0.3) is 6.08 Å². The van der Waals surface area contributed by atoms with Crippen molar-refractivity contribution < 1.29 is 23.9 Å². The largest absolute Gasteiger partial charge is 0.483 e. The average molecular weight is 583 g/mol. The summed E-state index contributed by atoms with van der Waals surface area (Å²) in [6.45, 7) is 3.46. The molecule has 0 spiro atoms. The molecule has 37 heavy (non-hydrogen) atoms. The maximum absolute atomic E-state index is 13.2. The SMILES string of the molecule is Cc1ccc(NC(=O)COc2ccc(/C=C3\C(=O)NC(=O)N(c4cc(Cl)ccc4C)C3=O)cc2Br)cc1. The molecule has 1 saturated heterocycles. The van der Waals surface area contributed by atoms with Gasteiger partial charge in [-0.05, 0) is 83.4 Å². The van der Waals surface area contributed by atoms with E-state index < -0.39 is 17.8 Å². The Morgan fingerprint density at radius 1 is 1.05 bits per heavy atom. The molecule has 1 fully saturated rings. The zero-order chi connectivity index (χ0) is 26.7. The van der Waals surface area contributed by atoms with Crippen molar-refractivity contribution in [2.24, 2.45) is 0 Å². The van der Waals surface area contributed by atoms with Crippen LogP contribution >= 0.6 is 27.5 Å². The Balaban J connectivity index is 1.49. The Hall–Kier alpha value is -3.95. The number of hydrogen-bond acceptors (Lipinski definition) is 5. The molecular formula is C27H21BrClN3O5. The van der Waals surface area contributed by atoms with Gasteiger partial charge in [-0.3, -0.25) is 19.7 Å². The van der Waals surface area contributed by atoms with Crippen molar-refractivity contribution in [1.82, 2.24) is 5.32 Å². The Morgan fingerprint density at radius 3 is 2.49 bits per heavy atom. The normalized spacial score (nSPS) is 14.5. The topological polar surface area (TPSA) is 105 Å². The first-order valence-corrected chi connectivity index (χ1v) is 12.3. The number of imide groups is 2. The fourth-order valence-electron chi connectivity index (χ4n) is 3.57. The first kappa shape index (κ1) is 26.1. The van der Waals surface area contributed by atoms with Crippen LogP contribution in [0, 0.1) is 13.8 Å². The van der Waals surface area contributed by atoms with Crippen LogP contribution in [0.1, 0.15) is 16.7 Å². The first-order valence-electron chi connectivity index (χ1n) is 11.1. The number of benzene rings is 3. The number of urea groups is 1. The molecule has 0 saturated carbocycles. The minimum absolute atomic E-state index is 0.218. The summed E-state index contributed by atoms with van der Waals surface area (Å²) in [5.41, 5.74) is 2.94. The smallest absolute Gasteiger partial charge is 0.335 e. The van der Waals surface area contributed by atoms with Gasteiger partial charge in [0, 0.05) is 10.7 Å². The number of rotatable bonds is 6. The summed E-state index contributed by atoms with van der Waals surface area (Å²) < 4.78 is 6.11. The molecule has 10 heteroatoms. The van der Waals surface area contributed by atoms with E-state index in [4.69, 9.17) is 16.3 Å². The summed E-state index contributed by atoms with van der Waals surface area (Å²) in [6.07, 6.45) is 1.37. The third kappa shape index (κ3) is 6.07. The number of nitrogens with zero attached hydrogens (tertiary/aromatic N) is 1. The van der Waals surface area contributed by atoms with Crippen LogP contribution in [0.4, 0.5) is 16.2 Å². The number of hydrogen-bond donors (Lipinski definition) is 2. The molecule has 188 valence electrons. The lowest BCUT2D eigenvalue weighted by Gasteiger charge is -2.27. The zero-order valence-corrected chi connectivity index (χ0v) is 22.1. The first-order chi connectivity index (χ1) is 17.6. The van der Waals surface area contributed by atoms with Crippen molar-refractivity contribution in [2.45, 2.75) is 13.8 Å². The molecule has 0 unspecified atom stereocenters. The fraction of sp³-hybridized carbons (Fsp3) is 0.111. The molecule has 1 aliphatic heterocycles. The molecule has 0 bridgehead atoms. The number of carbonyl (C=O) groups is 4. The predicted molar refractivity (Wildman–Crippen MR) is 145 cm³/mol. The van der Waals surface area contributed by atoms with E-state index in [2.05, 4.69) is 26.6 Å². The van der Waals surface area contributed by atoms with Crippen LogP contribution in [0.5, 0.6) is 5.75 Å². The lowest BCUT2D eigenvalue weighted by molar-refractivity contribution is -0.122. The summed E-state index contributed by atoms with van der Waals surface area (Å²) >= 11 is 9.45. The van der Waals surface area contributed by atoms with E-state index in [0.717, 1.165) is 10.5 Å². The van der Waals surface area contributed by atoms with Crippen molar-refractivity contribution in [3.63, 3.8) is 0 Å². The highest BCUT2D eigenvalue weighted by Gasteiger charge is 2.37. The number of anilines is 2. The highest BCUT2D eigenvalue weighted by molar-refractivity contribution is 9.10. The summed E-state index contributed by atoms with van der Waals surface area (Å²) in [4.78, 5) is 51.2. The predicted octanol–water partition coefficient (Wildman–Crippen LogP) is 5.40. The minimum atomic E-state index is -0.855. The average Bonchev–Trinajstić information content (AvgIpc) is 2.84. The van der Waals surface area contributed by atoms with Gasteiger partial charge in [0.25, 0.3) is 17.7 Å². The van der Waals surface area contributed by atoms with E-state index in [1.54, 1.807) is 49.4 Å². The molecule has 8 nitrogen and oxygen atoms in total. The van der Waals surface area contributed by atoms with Crippen molar-refractivity contribution >= 4 is 68.7 Å². The van der Waals surface area contributed by atoms with Gasteiger partial charge in [0.1, 0.15) is 11.3 Å². The Labute approximate surface area is 226 Å². The van der Waals surface area contributed by atoms with Gasteiger partial charge in [0.05, 0.1) is 10.2 Å². The summed E-state index contributed by atoms with van der Waals surface area (Å²) in [7, 11) is 0. The van der Waals surface area contributed by atoms with Crippen molar-refractivity contribution in [2.75, 3.05) is 16.8 Å². The maximum Gasteiger partial charge on any atom is 0.335 e. The monoisotopic (exact) mass is 581 g/mol. The second kappa shape index (κ2) is 11.0. The van der Waals surface area contributed by atoms with Crippen molar-refractivity contribution in [3.8, 4) is 5.75 Å². The summed E-state index contributed by atoms with van der Waals surface area (Å²) in [5.74, 6) is -1.52. The highest BCUT2D eigenvalue weighted by atomic mass is 79.9. The molecule has 0 radical (unpaired) electrons. The maximum atomic E-state index is 13.2. The van der Waals surface area contributed by atoms with E-state index in [9.17, 15) is 19.2 Å². The van der Waals surface area contributed by atoms with Gasteiger partial charge in [-0.15, -0.1) is 0 Å². The number of amides is 5. The molecule has 0 atom stereocenters. The third-order valence-corrected chi connectivity index (χ3v) is 6.33. The van der Waals surface area contributed by atoms with Crippen LogP contribution in [0.2, 0.25) is 5.02 Å². The molecule has 2 N–H and O–H groups in total. The van der Waals surface area contributed by atoms with E-state index >= 15 is 0 Å². The molecule has 0 aromatic heterocycles. The Kier molecular flexibility index (Phi) is 7.75. The lowest BCUT2D eigenvalue weighted by Crippen LogP contribution is -2.54. The second-order valence-electron chi connectivity index (χ2n) is 8.28. The van der Waals surface area contributed by atoms with E-state index in [1.807, 2.05) is 19.1 Å². The van der Waals surface area contributed by atoms with Gasteiger partial charge >= 0.3 is 6.03 Å². The van der Waals surface area contributed by atoms with Crippen LogP contribution in [-0.4, -0.2) is 30.4 Å². The number of aryl methyl sites for hydroxylation is 2. The number of nitrogens with one attached hydrogen (secondary N) is 2. The van der Waals surface area contributed by atoms with Gasteiger partial charge in [0.15, 0.2) is 6.61 Å². The number of halogens is 2. The molecule has 4 rings (SSSR count). The van der Waals surface area contributed by atoms with Crippen molar-refractivity contribution in [3.05, 3.63) is 92.4 Å². The third-order valence-electron chi connectivity index (χ3n) is 5.47. The molecule has 5 amide bonds. The molecule has 1 aliphatic rings. The van der Waals surface area contributed by atoms with Gasteiger partial charge in [-0.1, -0.05) is 41.4 Å². The molecule has 1 heterocycles. The van der Waals surface area contributed by atoms with Crippen LogP contribution in [0.3, 0.4) is 0 Å². The molecular weight excluding hydrogens is 562 g/mol. The van der Waals surface area contributed by atoms with Crippen LogP contribution in [-0.2, 0) is 14.4 Å². The van der Waals surface area contributed by atoms with Crippen LogP contribution in [0.15, 0.2) is 70.7 Å². The van der Waals surface area contributed by atoms with E-state index in [-0.39, 0.29) is 23.8 Å². The summed E-state index contributed by atoms with van der Waals surface area (Å²) in [5, 5.41) is 5.29. The van der Waals surface area contributed by atoms with Crippen LogP contribution < -0.4 is 20.3 Å². The van der Waals surface area contributed by atoms with Gasteiger partial charge in [-0.2, -0.15) is 0 Å². The number of ether oxygens (including phenoxy) is 1.